The van der Waals surface area contributed by atoms with Crippen molar-refractivity contribution in [2.24, 2.45) is 0 Å². The molecule has 21 heavy (non-hydrogen) atoms. The number of carbonyl (C=O) groups excluding carboxylic acids is 1. The summed E-state index contributed by atoms with van der Waals surface area (Å²) in [5.41, 5.74) is 0.796. The number of nitrogens with zero attached hydrogens (tertiary/aromatic N) is 1. The number of hydrogen-bond donors (Lipinski definition) is 0. The molecular weight excluding hydrogens is 294 g/mol. The molecule has 1 rings (SSSR count). The summed E-state index contributed by atoms with van der Waals surface area (Å²) in [7, 11) is -1.98. The molecule has 0 N–H and O–H groups in total. The Bertz CT molecular complexity index is 570. The minimum atomic E-state index is -3.55. The summed E-state index contributed by atoms with van der Waals surface area (Å²) in [5, 5.41) is 0. The predicted octanol–water partition coefficient (Wildman–Crippen LogP) is 1.41. The van der Waals surface area contributed by atoms with Crippen molar-refractivity contribution in [2.45, 2.75) is 20.4 Å². The van der Waals surface area contributed by atoms with Gasteiger partial charge >= 0.3 is 10.1 Å². The molecule has 0 bridgehead atoms. The third-order valence-corrected chi connectivity index (χ3v) is 4.01. The van der Waals surface area contributed by atoms with Crippen molar-refractivity contribution in [2.75, 3.05) is 26.0 Å². The van der Waals surface area contributed by atoms with Gasteiger partial charge in [-0.1, -0.05) is 12.1 Å². The van der Waals surface area contributed by atoms with E-state index in [4.69, 9.17) is 8.92 Å². The minimum Gasteiger partial charge on any atom is -0.383 e. The summed E-state index contributed by atoms with van der Waals surface area (Å²) in [5.74, 6) is 0.0918. The first kappa shape index (κ1) is 17.5. The molecule has 0 fully saturated rings. The Morgan fingerprint density at radius 3 is 2.62 bits per heavy atom. The van der Waals surface area contributed by atoms with Gasteiger partial charge in [0, 0.05) is 27.1 Å². The van der Waals surface area contributed by atoms with Crippen LogP contribution in [0.4, 0.5) is 0 Å². The Labute approximate surface area is 125 Å². The molecule has 0 unspecified atom stereocenters. The molecule has 0 aliphatic rings. The van der Waals surface area contributed by atoms with E-state index in [-0.39, 0.29) is 17.4 Å². The average molecular weight is 315 g/mol. The molecule has 0 spiro atoms. The molecular formula is C14H21NO5S. The number of amides is 1. The molecule has 0 saturated carbocycles. The molecule has 0 aromatic heterocycles. The summed E-state index contributed by atoms with van der Waals surface area (Å²) in [6, 6.07) is 6.71. The Morgan fingerprint density at radius 1 is 1.33 bits per heavy atom. The van der Waals surface area contributed by atoms with Gasteiger partial charge in [-0.3, -0.25) is 4.79 Å². The lowest BCUT2D eigenvalue weighted by molar-refractivity contribution is -0.130. The quantitative estimate of drug-likeness (QED) is 0.678. The summed E-state index contributed by atoms with van der Waals surface area (Å²) in [4.78, 5) is 13.2. The van der Waals surface area contributed by atoms with E-state index in [1.165, 1.54) is 13.8 Å². The van der Waals surface area contributed by atoms with Gasteiger partial charge in [-0.2, -0.15) is 8.42 Å². The third kappa shape index (κ3) is 6.14. The van der Waals surface area contributed by atoms with Crippen LogP contribution in [-0.4, -0.2) is 45.2 Å². The minimum absolute atomic E-state index is 0.0699. The highest BCUT2D eigenvalue weighted by atomic mass is 32.2. The Balaban J connectivity index is 2.81. The normalized spacial score (nSPS) is 11.2. The molecule has 0 heterocycles. The van der Waals surface area contributed by atoms with Gasteiger partial charge < -0.3 is 13.8 Å². The van der Waals surface area contributed by atoms with Gasteiger partial charge in [0.05, 0.1) is 12.4 Å². The van der Waals surface area contributed by atoms with Crippen LogP contribution in [0.25, 0.3) is 0 Å². The zero-order chi connectivity index (χ0) is 15.9. The second-order valence-corrected chi connectivity index (χ2v) is 6.37. The SMILES string of the molecule is CCS(=O)(=O)Oc1cccc(CN(CCOC)C(C)=O)c1. The molecule has 0 saturated heterocycles. The van der Waals surface area contributed by atoms with Crippen molar-refractivity contribution in [3.05, 3.63) is 29.8 Å². The van der Waals surface area contributed by atoms with Crippen molar-refractivity contribution in [3.63, 3.8) is 0 Å². The van der Waals surface area contributed by atoms with E-state index in [9.17, 15) is 13.2 Å². The van der Waals surface area contributed by atoms with E-state index in [2.05, 4.69) is 0 Å². The van der Waals surface area contributed by atoms with Crippen molar-refractivity contribution in [1.29, 1.82) is 0 Å². The predicted molar refractivity (Wildman–Crippen MR) is 79.5 cm³/mol. The zero-order valence-electron chi connectivity index (χ0n) is 12.5. The maximum absolute atomic E-state index is 11.6. The summed E-state index contributed by atoms with van der Waals surface area (Å²) in [6.07, 6.45) is 0. The van der Waals surface area contributed by atoms with Crippen molar-refractivity contribution in [3.8, 4) is 5.75 Å². The molecule has 6 nitrogen and oxygen atoms in total. The summed E-state index contributed by atoms with van der Waals surface area (Å²) in [6.45, 7) is 4.30. The smallest absolute Gasteiger partial charge is 0.308 e. The van der Waals surface area contributed by atoms with Gasteiger partial charge in [0.25, 0.3) is 0 Å². The fraction of sp³-hybridized carbons (Fsp3) is 0.500. The fourth-order valence-electron chi connectivity index (χ4n) is 1.67. The first-order valence-corrected chi connectivity index (χ1v) is 8.21. The van der Waals surface area contributed by atoms with Crippen LogP contribution >= 0.6 is 0 Å². The molecule has 0 aliphatic carbocycles. The summed E-state index contributed by atoms with van der Waals surface area (Å²) >= 11 is 0. The van der Waals surface area contributed by atoms with Crippen molar-refractivity contribution >= 4 is 16.0 Å². The average Bonchev–Trinajstić information content (AvgIpc) is 2.43. The second kappa shape index (κ2) is 7.99. The molecule has 1 amide bonds. The monoisotopic (exact) mass is 315 g/mol. The maximum Gasteiger partial charge on any atom is 0.308 e. The fourth-order valence-corrected chi connectivity index (χ4v) is 2.19. The van der Waals surface area contributed by atoms with E-state index >= 15 is 0 Å². The van der Waals surface area contributed by atoms with Gasteiger partial charge in [0.15, 0.2) is 0 Å². The van der Waals surface area contributed by atoms with E-state index in [1.807, 2.05) is 6.07 Å². The van der Waals surface area contributed by atoms with Crippen LogP contribution in [0.1, 0.15) is 19.4 Å². The molecule has 118 valence electrons. The number of ether oxygens (including phenoxy) is 1. The van der Waals surface area contributed by atoms with Gasteiger partial charge in [-0.05, 0) is 24.6 Å². The molecule has 0 atom stereocenters. The molecule has 1 aromatic rings. The standard InChI is InChI=1S/C14H21NO5S/c1-4-21(17,18)20-14-7-5-6-13(10-14)11-15(12(2)16)8-9-19-3/h5-7,10H,4,8-9,11H2,1-3H3. The number of methoxy groups -OCH3 is 1. The number of carbonyl (C=O) groups is 1. The number of benzene rings is 1. The Hall–Kier alpha value is -1.60. The first-order chi connectivity index (χ1) is 9.88. The molecule has 1 aromatic carbocycles. The second-order valence-electron chi connectivity index (χ2n) is 4.51. The van der Waals surface area contributed by atoms with Crippen LogP contribution in [0.2, 0.25) is 0 Å². The topological polar surface area (TPSA) is 72.9 Å². The third-order valence-electron chi connectivity index (χ3n) is 2.86. The lowest BCUT2D eigenvalue weighted by Crippen LogP contribution is -2.31. The van der Waals surface area contributed by atoms with Gasteiger partial charge in [0.2, 0.25) is 5.91 Å². The molecule has 0 radical (unpaired) electrons. The van der Waals surface area contributed by atoms with E-state index in [0.29, 0.717) is 19.7 Å². The highest BCUT2D eigenvalue weighted by Gasteiger charge is 2.12. The van der Waals surface area contributed by atoms with Crippen LogP contribution in [0, 0.1) is 0 Å². The zero-order valence-corrected chi connectivity index (χ0v) is 13.4. The Kier molecular flexibility index (Phi) is 6.64. The van der Waals surface area contributed by atoms with Gasteiger partial charge in [-0.15, -0.1) is 0 Å². The first-order valence-electron chi connectivity index (χ1n) is 6.63. The molecule has 0 aliphatic heterocycles. The van der Waals surface area contributed by atoms with E-state index in [1.54, 1.807) is 30.2 Å². The summed E-state index contributed by atoms with van der Waals surface area (Å²) < 4.78 is 32.8. The van der Waals surface area contributed by atoms with Gasteiger partial charge in [0.1, 0.15) is 5.75 Å². The van der Waals surface area contributed by atoms with Crippen molar-refractivity contribution in [1.82, 2.24) is 4.90 Å². The lowest BCUT2D eigenvalue weighted by Gasteiger charge is -2.21. The van der Waals surface area contributed by atoms with Crippen LogP contribution in [0.3, 0.4) is 0 Å². The highest BCUT2D eigenvalue weighted by molar-refractivity contribution is 7.87. The highest BCUT2D eigenvalue weighted by Crippen LogP contribution is 2.17. The van der Waals surface area contributed by atoms with Gasteiger partial charge in [-0.25, -0.2) is 0 Å². The Morgan fingerprint density at radius 2 is 2.05 bits per heavy atom. The molecule has 7 heteroatoms. The van der Waals surface area contributed by atoms with Crippen LogP contribution in [0.5, 0.6) is 5.75 Å². The van der Waals surface area contributed by atoms with Crippen LogP contribution in [0.15, 0.2) is 24.3 Å². The van der Waals surface area contributed by atoms with Crippen LogP contribution in [-0.2, 0) is 26.2 Å². The number of hydrogen-bond acceptors (Lipinski definition) is 5. The number of rotatable bonds is 8. The van der Waals surface area contributed by atoms with Crippen molar-refractivity contribution < 1.29 is 22.1 Å². The van der Waals surface area contributed by atoms with Crippen LogP contribution < -0.4 is 4.18 Å². The van der Waals surface area contributed by atoms with E-state index in [0.717, 1.165) is 5.56 Å². The largest absolute Gasteiger partial charge is 0.383 e. The lowest BCUT2D eigenvalue weighted by atomic mass is 10.2. The van der Waals surface area contributed by atoms with E-state index < -0.39 is 10.1 Å². The maximum atomic E-state index is 11.6.